The lowest BCUT2D eigenvalue weighted by Crippen LogP contribution is -2.52. The highest BCUT2D eigenvalue weighted by Gasteiger charge is 2.30. The van der Waals surface area contributed by atoms with E-state index in [0.717, 1.165) is 22.3 Å². The van der Waals surface area contributed by atoms with Gasteiger partial charge in [-0.2, -0.15) is 0 Å². The molecular weight excluding hydrogens is 388 g/mol. The number of carbonyl (C=O) groups excluding carboxylic acids is 2. The van der Waals surface area contributed by atoms with Crippen LogP contribution < -0.4 is 10.6 Å². The number of hydrogen-bond donors (Lipinski definition) is 4. The van der Waals surface area contributed by atoms with Gasteiger partial charge in [0.05, 0.1) is 6.61 Å². The Hall–Kier alpha value is -3.39. The zero-order valence-corrected chi connectivity index (χ0v) is 16.5. The van der Waals surface area contributed by atoms with Crippen molar-refractivity contribution in [2.45, 2.75) is 31.3 Å². The monoisotopic (exact) mass is 412 g/mol. The van der Waals surface area contributed by atoms with Crippen LogP contribution in [0.1, 0.15) is 30.4 Å². The smallest absolute Gasteiger partial charge is 0.407 e. The average molecular weight is 412 g/mol. The number of alkyl carbamates (subject to hydrolysis) is 1. The van der Waals surface area contributed by atoms with Crippen LogP contribution in [0.25, 0.3) is 11.1 Å². The summed E-state index contributed by atoms with van der Waals surface area (Å²) < 4.78 is 5.41. The maximum atomic E-state index is 12.3. The van der Waals surface area contributed by atoms with Crippen molar-refractivity contribution < 1.29 is 29.3 Å². The number of nitrogens with one attached hydrogen (secondary N) is 2. The van der Waals surface area contributed by atoms with E-state index in [4.69, 9.17) is 14.9 Å². The number of carbonyl (C=O) groups is 3. The quantitative estimate of drug-likeness (QED) is 0.525. The van der Waals surface area contributed by atoms with E-state index in [1.54, 1.807) is 6.92 Å². The van der Waals surface area contributed by atoms with Gasteiger partial charge < -0.3 is 25.6 Å². The van der Waals surface area contributed by atoms with Crippen LogP contribution in [0.5, 0.6) is 0 Å². The fourth-order valence-electron chi connectivity index (χ4n) is 3.59. The van der Waals surface area contributed by atoms with Gasteiger partial charge >= 0.3 is 12.1 Å². The number of aliphatic carboxylic acids is 1. The van der Waals surface area contributed by atoms with Crippen molar-refractivity contribution in [3.63, 3.8) is 0 Å². The first-order valence-corrected chi connectivity index (χ1v) is 9.71. The fourth-order valence-corrected chi connectivity index (χ4v) is 3.59. The molecule has 0 saturated heterocycles. The van der Waals surface area contributed by atoms with E-state index in [9.17, 15) is 14.4 Å². The zero-order chi connectivity index (χ0) is 21.7. The van der Waals surface area contributed by atoms with E-state index in [0.29, 0.717) is 0 Å². The molecule has 0 heterocycles. The molecule has 0 fully saturated rings. The Kier molecular flexibility index (Phi) is 6.68. The molecule has 3 rings (SSSR count). The number of benzene rings is 2. The first kappa shape index (κ1) is 21.3. The number of aliphatic hydroxyl groups is 1. The lowest BCUT2D eigenvalue weighted by atomic mass is 9.98. The highest BCUT2D eigenvalue weighted by molar-refractivity contribution is 5.89. The second-order valence-corrected chi connectivity index (χ2v) is 7.01. The molecule has 8 nitrogen and oxygen atoms in total. The van der Waals surface area contributed by atoms with Crippen LogP contribution in [0.3, 0.4) is 0 Å². The van der Waals surface area contributed by atoms with Gasteiger partial charge in [0.1, 0.15) is 18.7 Å². The van der Waals surface area contributed by atoms with Crippen LogP contribution in [-0.2, 0) is 14.3 Å². The summed E-state index contributed by atoms with van der Waals surface area (Å²) in [4.78, 5) is 35.5. The molecule has 4 N–H and O–H groups in total. The first-order valence-electron chi connectivity index (χ1n) is 9.71. The predicted octanol–water partition coefficient (Wildman–Crippen LogP) is 1.87. The summed E-state index contributed by atoms with van der Waals surface area (Å²) in [7, 11) is 0. The minimum Gasteiger partial charge on any atom is -0.480 e. The Balaban J connectivity index is 1.63. The minimum absolute atomic E-state index is 0.103. The largest absolute Gasteiger partial charge is 0.480 e. The summed E-state index contributed by atoms with van der Waals surface area (Å²) in [5.74, 6) is -2.17. The van der Waals surface area contributed by atoms with Crippen molar-refractivity contribution in [2.24, 2.45) is 0 Å². The Morgan fingerprint density at radius 1 is 0.967 bits per heavy atom. The van der Waals surface area contributed by atoms with Crippen LogP contribution in [0.4, 0.5) is 4.79 Å². The number of hydrogen-bond acceptors (Lipinski definition) is 5. The number of ether oxygens (including phenoxy) is 1. The van der Waals surface area contributed by atoms with E-state index < -0.39 is 36.7 Å². The fraction of sp³-hybridized carbons (Fsp3) is 0.318. The highest BCUT2D eigenvalue weighted by Crippen LogP contribution is 2.44. The lowest BCUT2D eigenvalue weighted by Gasteiger charge is -2.20. The maximum Gasteiger partial charge on any atom is 0.407 e. The molecule has 30 heavy (non-hydrogen) atoms. The van der Waals surface area contributed by atoms with E-state index in [-0.39, 0.29) is 18.9 Å². The van der Waals surface area contributed by atoms with E-state index in [2.05, 4.69) is 10.6 Å². The van der Waals surface area contributed by atoms with Crippen LogP contribution in [-0.4, -0.2) is 53.5 Å². The molecule has 0 bridgehead atoms. The molecule has 0 spiro atoms. The van der Waals surface area contributed by atoms with Gasteiger partial charge in [0.2, 0.25) is 5.91 Å². The van der Waals surface area contributed by atoms with Crippen molar-refractivity contribution in [3.8, 4) is 11.1 Å². The molecule has 8 heteroatoms. The summed E-state index contributed by atoms with van der Waals surface area (Å²) in [5.41, 5.74) is 4.36. The maximum absolute atomic E-state index is 12.3. The summed E-state index contributed by atoms with van der Waals surface area (Å²) in [6, 6.07) is 13.5. The van der Waals surface area contributed by atoms with Crippen molar-refractivity contribution in [1.82, 2.24) is 10.6 Å². The van der Waals surface area contributed by atoms with Gasteiger partial charge in [0.25, 0.3) is 0 Å². The number of aliphatic hydroxyl groups excluding tert-OH is 1. The molecule has 2 aromatic carbocycles. The number of carboxylic acid groups (broad SMARTS) is 1. The first-order chi connectivity index (χ1) is 14.5. The van der Waals surface area contributed by atoms with Crippen LogP contribution >= 0.6 is 0 Å². The van der Waals surface area contributed by atoms with Crippen molar-refractivity contribution in [3.05, 3.63) is 59.7 Å². The van der Waals surface area contributed by atoms with Crippen molar-refractivity contribution >= 4 is 18.0 Å². The number of amides is 2. The molecule has 1 aliphatic rings. The van der Waals surface area contributed by atoms with Crippen molar-refractivity contribution in [2.75, 3.05) is 13.2 Å². The summed E-state index contributed by atoms with van der Waals surface area (Å²) in [5, 5.41) is 22.6. The lowest BCUT2D eigenvalue weighted by molar-refractivity contribution is -0.143. The van der Waals surface area contributed by atoms with Gasteiger partial charge in [-0.1, -0.05) is 55.5 Å². The summed E-state index contributed by atoms with van der Waals surface area (Å²) in [6.07, 6.45) is -0.539. The second-order valence-electron chi connectivity index (χ2n) is 7.01. The van der Waals surface area contributed by atoms with Gasteiger partial charge in [-0.15, -0.1) is 0 Å². The average Bonchev–Trinajstić information content (AvgIpc) is 3.07. The van der Waals surface area contributed by atoms with Crippen molar-refractivity contribution in [1.29, 1.82) is 0 Å². The minimum atomic E-state index is -1.43. The molecule has 0 unspecified atom stereocenters. The number of carboxylic acids is 1. The molecule has 0 aromatic heterocycles. The highest BCUT2D eigenvalue weighted by atomic mass is 16.5. The van der Waals surface area contributed by atoms with Gasteiger partial charge in [-0.05, 0) is 28.7 Å². The molecule has 0 aliphatic heterocycles. The molecule has 0 radical (unpaired) electrons. The number of fused-ring (bicyclic) bond motifs is 3. The molecule has 2 amide bonds. The van der Waals surface area contributed by atoms with Gasteiger partial charge in [-0.3, -0.25) is 4.79 Å². The normalized spacial score (nSPS) is 14.2. The molecule has 1 aliphatic carbocycles. The molecular formula is C22H24N2O6. The second kappa shape index (κ2) is 9.41. The molecule has 2 aromatic rings. The Labute approximate surface area is 173 Å². The zero-order valence-electron chi connectivity index (χ0n) is 16.5. The molecule has 0 saturated carbocycles. The third-order valence-corrected chi connectivity index (χ3v) is 5.16. The third kappa shape index (κ3) is 4.44. The van der Waals surface area contributed by atoms with Gasteiger partial charge in [0, 0.05) is 5.92 Å². The van der Waals surface area contributed by atoms with Gasteiger partial charge in [0.15, 0.2) is 0 Å². The third-order valence-electron chi connectivity index (χ3n) is 5.16. The van der Waals surface area contributed by atoms with Crippen LogP contribution in [0.2, 0.25) is 0 Å². The standard InChI is InChI=1S/C22H24N2O6/c1-2-18(20(26)23-19(11-25)21(27)28)24-22(29)30-12-17-15-9-5-3-7-13(15)14-8-4-6-10-16(14)17/h3-10,17-19,25H,2,11-12H2,1H3,(H,23,26)(H,24,29)(H,27,28)/t18-,19+/m0/s1. The SMILES string of the molecule is CC[C@H](NC(=O)OCC1c2ccccc2-c2ccccc21)C(=O)N[C@H](CO)C(=O)O. The topological polar surface area (TPSA) is 125 Å². The Morgan fingerprint density at radius 3 is 2.03 bits per heavy atom. The van der Waals surface area contributed by atoms with Gasteiger partial charge in [-0.25, -0.2) is 9.59 Å². The Bertz CT molecular complexity index is 899. The van der Waals surface area contributed by atoms with Crippen LogP contribution in [0, 0.1) is 0 Å². The summed E-state index contributed by atoms with van der Waals surface area (Å²) in [6.45, 7) is 1.03. The Morgan fingerprint density at radius 2 is 1.53 bits per heavy atom. The predicted molar refractivity (Wildman–Crippen MR) is 109 cm³/mol. The molecule has 158 valence electrons. The number of rotatable bonds is 8. The van der Waals surface area contributed by atoms with Crippen LogP contribution in [0.15, 0.2) is 48.5 Å². The van der Waals surface area contributed by atoms with E-state index in [1.165, 1.54) is 0 Å². The van der Waals surface area contributed by atoms with E-state index >= 15 is 0 Å². The van der Waals surface area contributed by atoms with E-state index in [1.807, 2.05) is 48.5 Å². The summed E-state index contributed by atoms with van der Waals surface area (Å²) >= 11 is 0. The molecule has 2 atom stereocenters.